The van der Waals surface area contributed by atoms with Gasteiger partial charge >= 0.3 is 0 Å². The van der Waals surface area contributed by atoms with E-state index >= 15 is 0 Å². The van der Waals surface area contributed by atoms with Crippen molar-refractivity contribution in [2.24, 2.45) is 5.16 Å². The summed E-state index contributed by atoms with van der Waals surface area (Å²) in [6.45, 7) is 5.59. The fraction of sp³-hybridized carbons (Fsp3) is 0.278. The molecule has 0 saturated carbocycles. The molecule has 114 valence electrons. The highest BCUT2D eigenvalue weighted by Gasteiger charge is 2.31. The average molecular weight is 297 g/mol. The third-order valence-electron chi connectivity index (χ3n) is 4.44. The van der Waals surface area contributed by atoms with E-state index in [0.29, 0.717) is 29.0 Å². The molecule has 1 atom stereocenters. The van der Waals surface area contributed by atoms with Crippen LogP contribution in [0.3, 0.4) is 0 Å². The maximum atomic E-state index is 10.2. The SMILES string of the molecule is Cc1c(C)c2c(c(C)c1O)/C(=N/O)CC(c1ccccc1)O2. The topological polar surface area (TPSA) is 62.1 Å². The fourth-order valence-corrected chi connectivity index (χ4v) is 3.01. The minimum Gasteiger partial charge on any atom is -0.507 e. The first-order valence-corrected chi connectivity index (χ1v) is 7.30. The number of phenols is 1. The van der Waals surface area contributed by atoms with Gasteiger partial charge in [-0.3, -0.25) is 0 Å². The molecule has 0 spiro atoms. The largest absolute Gasteiger partial charge is 0.507 e. The predicted octanol–water partition coefficient (Wildman–Crippen LogP) is 4.02. The number of nitrogens with zero attached hydrogens (tertiary/aromatic N) is 1. The maximum absolute atomic E-state index is 10.2. The van der Waals surface area contributed by atoms with Gasteiger partial charge in [0.05, 0.1) is 5.71 Å². The Morgan fingerprint density at radius 1 is 1.05 bits per heavy atom. The smallest absolute Gasteiger partial charge is 0.133 e. The molecule has 1 aliphatic rings. The van der Waals surface area contributed by atoms with Crippen molar-refractivity contribution >= 4 is 5.71 Å². The van der Waals surface area contributed by atoms with Crippen LogP contribution < -0.4 is 4.74 Å². The molecule has 3 rings (SSSR count). The number of oxime groups is 1. The molecule has 0 aliphatic carbocycles. The van der Waals surface area contributed by atoms with Gasteiger partial charge in [0.2, 0.25) is 0 Å². The van der Waals surface area contributed by atoms with E-state index in [4.69, 9.17) is 4.74 Å². The van der Waals surface area contributed by atoms with Gasteiger partial charge < -0.3 is 15.1 Å². The van der Waals surface area contributed by atoms with E-state index in [2.05, 4.69) is 5.16 Å². The average Bonchev–Trinajstić information content (AvgIpc) is 2.57. The lowest BCUT2D eigenvalue weighted by Crippen LogP contribution is -2.23. The highest BCUT2D eigenvalue weighted by molar-refractivity contribution is 6.06. The van der Waals surface area contributed by atoms with E-state index in [9.17, 15) is 10.3 Å². The zero-order valence-electron chi connectivity index (χ0n) is 12.9. The van der Waals surface area contributed by atoms with Crippen LogP contribution in [-0.4, -0.2) is 16.0 Å². The molecule has 2 aromatic rings. The molecule has 1 aliphatic heterocycles. The van der Waals surface area contributed by atoms with Crippen LogP contribution in [0.2, 0.25) is 0 Å². The van der Waals surface area contributed by atoms with Crippen LogP contribution in [-0.2, 0) is 0 Å². The lowest BCUT2D eigenvalue weighted by Gasteiger charge is -2.30. The summed E-state index contributed by atoms with van der Waals surface area (Å²) in [5.41, 5.74) is 4.65. The van der Waals surface area contributed by atoms with E-state index in [1.807, 2.05) is 51.1 Å². The summed E-state index contributed by atoms with van der Waals surface area (Å²) in [4.78, 5) is 0. The maximum Gasteiger partial charge on any atom is 0.133 e. The van der Waals surface area contributed by atoms with Crippen molar-refractivity contribution < 1.29 is 15.1 Å². The third-order valence-corrected chi connectivity index (χ3v) is 4.44. The summed E-state index contributed by atoms with van der Waals surface area (Å²) in [6, 6.07) is 9.88. The van der Waals surface area contributed by atoms with Crippen LogP contribution in [0.15, 0.2) is 35.5 Å². The number of hydrogen-bond acceptors (Lipinski definition) is 4. The Hall–Kier alpha value is -2.49. The number of aromatic hydroxyl groups is 1. The monoisotopic (exact) mass is 297 g/mol. The summed E-state index contributed by atoms with van der Waals surface area (Å²) < 4.78 is 6.19. The Morgan fingerprint density at radius 3 is 2.36 bits per heavy atom. The highest BCUT2D eigenvalue weighted by Crippen LogP contribution is 2.44. The molecule has 0 fully saturated rings. The Morgan fingerprint density at radius 2 is 1.73 bits per heavy atom. The molecule has 2 N–H and O–H groups in total. The summed E-state index contributed by atoms with van der Waals surface area (Å²) in [5, 5.41) is 23.1. The lowest BCUT2D eigenvalue weighted by molar-refractivity contribution is 0.200. The van der Waals surface area contributed by atoms with Crippen molar-refractivity contribution in [3.05, 3.63) is 58.1 Å². The second-order valence-corrected chi connectivity index (χ2v) is 5.70. The van der Waals surface area contributed by atoms with Gasteiger partial charge in [-0.25, -0.2) is 0 Å². The molecule has 22 heavy (non-hydrogen) atoms. The first kappa shape index (κ1) is 14.4. The Kier molecular flexibility index (Phi) is 3.53. The van der Waals surface area contributed by atoms with E-state index in [-0.39, 0.29) is 11.9 Å². The number of benzene rings is 2. The fourth-order valence-electron chi connectivity index (χ4n) is 3.01. The van der Waals surface area contributed by atoms with Crippen molar-refractivity contribution in [1.82, 2.24) is 0 Å². The summed E-state index contributed by atoms with van der Waals surface area (Å²) >= 11 is 0. The van der Waals surface area contributed by atoms with Gasteiger partial charge in [-0.1, -0.05) is 35.5 Å². The van der Waals surface area contributed by atoms with E-state index in [1.54, 1.807) is 0 Å². The number of hydrogen-bond donors (Lipinski definition) is 2. The van der Waals surface area contributed by atoms with Gasteiger partial charge in [0.15, 0.2) is 0 Å². The molecule has 0 aromatic heterocycles. The van der Waals surface area contributed by atoms with Crippen molar-refractivity contribution in [1.29, 1.82) is 0 Å². The molecule has 4 heteroatoms. The van der Waals surface area contributed by atoms with E-state index < -0.39 is 0 Å². The predicted molar refractivity (Wildman–Crippen MR) is 85.1 cm³/mol. The molecular formula is C18H19NO3. The Labute approximate surface area is 129 Å². The third kappa shape index (κ3) is 2.11. The number of phenolic OH excluding ortho intramolecular Hbond substituents is 1. The first-order chi connectivity index (χ1) is 10.5. The van der Waals surface area contributed by atoms with Gasteiger partial charge in [0.1, 0.15) is 17.6 Å². The summed E-state index contributed by atoms with van der Waals surface area (Å²) in [7, 11) is 0. The van der Waals surface area contributed by atoms with Crippen LogP contribution in [0.25, 0.3) is 0 Å². The summed E-state index contributed by atoms with van der Waals surface area (Å²) in [6.07, 6.45) is 0.276. The van der Waals surface area contributed by atoms with Gasteiger partial charge in [-0.05, 0) is 37.5 Å². The number of fused-ring (bicyclic) bond motifs is 1. The van der Waals surface area contributed by atoms with Crippen LogP contribution >= 0.6 is 0 Å². The minimum atomic E-state index is -0.193. The zero-order valence-corrected chi connectivity index (χ0v) is 12.9. The molecular weight excluding hydrogens is 278 g/mol. The highest BCUT2D eigenvalue weighted by atomic mass is 16.5. The molecule has 0 amide bonds. The molecule has 0 radical (unpaired) electrons. The first-order valence-electron chi connectivity index (χ1n) is 7.30. The second kappa shape index (κ2) is 5.37. The molecule has 1 heterocycles. The van der Waals surface area contributed by atoms with Crippen LogP contribution in [0, 0.1) is 20.8 Å². The van der Waals surface area contributed by atoms with Gasteiger partial charge in [-0.15, -0.1) is 0 Å². The molecule has 1 unspecified atom stereocenters. The standard InChI is InChI=1S/C18H19NO3/c1-10-11(2)18-16(12(3)17(10)20)14(19-21)9-15(22-18)13-7-5-4-6-8-13/h4-8,15,20-21H,9H2,1-3H3/b19-14+. The van der Waals surface area contributed by atoms with Crippen LogP contribution in [0.1, 0.15) is 40.3 Å². The van der Waals surface area contributed by atoms with Crippen molar-refractivity contribution in [2.75, 3.05) is 0 Å². The van der Waals surface area contributed by atoms with E-state index in [0.717, 1.165) is 16.7 Å². The van der Waals surface area contributed by atoms with E-state index in [1.165, 1.54) is 0 Å². The minimum absolute atomic E-state index is 0.193. The quantitative estimate of drug-likeness (QED) is 0.617. The molecule has 0 saturated heterocycles. The Bertz CT molecular complexity index is 751. The molecule has 4 nitrogen and oxygen atoms in total. The second-order valence-electron chi connectivity index (χ2n) is 5.70. The number of rotatable bonds is 1. The van der Waals surface area contributed by atoms with Crippen LogP contribution in [0.5, 0.6) is 11.5 Å². The van der Waals surface area contributed by atoms with Crippen molar-refractivity contribution in [3.63, 3.8) is 0 Å². The lowest BCUT2D eigenvalue weighted by atomic mass is 9.88. The van der Waals surface area contributed by atoms with Gasteiger partial charge in [0.25, 0.3) is 0 Å². The zero-order chi connectivity index (χ0) is 15.9. The molecule has 0 bridgehead atoms. The normalized spacial score (nSPS) is 18.9. The van der Waals surface area contributed by atoms with Crippen molar-refractivity contribution in [2.45, 2.75) is 33.3 Å². The molecule has 2 aromatic carbocycles. The van der Waals surface area contributed by atoms with Crippen molar-refractivity contribution in [3.8, 4) is 11.5 Å². The van der Waals surface area contributed by atoms with Gasteiger partial charge in [0, 0.05) is 17.5 Å². The number of ether oxygens (including phenoxy) is 1. The van der Waals surface area contributed by atoms with Crippen LogP contribution in [0.4, 0.5) is 0 Å². The summed E-state index contributed by atoms with van der Waals surface area (Å²) in [5.74, 6) is 0.930. The van der Waals surface area contributed by atoms with Gasteiger partial charge in [-0.2, -0.15) is 0 Å². The Balaban J connectivity index is 2.17.